The van der Waals surface area contributed by atoms with Crippen LogP contribution in [0.4, 0.5) is 5.82 Å². The molecule has 2 aromatic rings. The zero-order valence-electron chi connectivity index (χ0n) is 12.0. The Hall–Kier alpha value is -2.70. The first-order chi connectivity index (χ1) is 9.92. The SMILES string of the molecule is COc1ccc(C(C)=O)cc1Cn1cc(C)c([N+](=O)[O-])n1. The first-order valence-corrected chi connectivity index (χ1v) is 6.28. The zero-order valence-corrected chi connectivity index (χ0v) is 12.0. The molecule has 0 N–H and O–H groups in total. The number of Topliss-reactive ketones (excluding diaryl/α,β-unsaturated/α-hetero) is 1. The van der Waals surface area contributed by atoms with Crippen LogP contribution in [0.3, 0.4) is 0 Å². The number of methoxy groups -OCH3 is 1. The van der Waals surface area contributed by atoms with Crippen molar-refractivity contribution in [2.45, 2.75) is 20.4 Å². The van der Waals surface area contributed by atoms with Gasteiger partial charge >= 0.3 is 5.82 Å². The van der Waals surface area contributed by atoms with E-state index in [0.717, 1.165) is 5.56 Å². The fourth-order valence-electron chi connectivity index (χ4n) is 2.07. The highest BCUT2D eigenvalue weighted by Crippen LogP contribution is 2.22. The molecule has 2 rings (SSSR count). The summed E-state index contributed by atoms with van der Waals surface area (Å²) >= 11 is 0. The number of nitrogens with zero attached hydrogens (tertiary/aromatic N) is 3. The first kappa shape index (κ1) is 14.7. The van der Waals surface area contributed by atoms with Gasteiger partial charge in [0.2, 0.25) is 0 Å². The van der Waals surface area contributed by atoms with Crippen molar-refractivity contribution in [3.8, 4) is 5.75 Å². The zero-order chi connectivity index (χ0) is 15.6. The van der Waals surface area contributed by atoms with Crippen LogP contribution >= 0.6 is 0 Å². The van der Waals surface area contributed by atoms with Crippen molar-refractivity contribution in [3.63, 3.8) is 0 Å². The largest absolute Gasteiger partial charge is 0.496 e. The van der Waals surface area contributed by atoms with Crippen LogP contribution in [-0.4, -0.2) is 27.6 Å². The molecule has 7 nitrogen and oxygen atoms in total. The molecule has 0 amide bonds. The number of carbonyl (C=O) groups is 1. The van der Waals surface area contributed by atoms with Crippen LogP contribution < -0.4 is 4.74 Å². The molecule has 7 heteroatoms. The predicted octanol–water partition coefficient (Wildman–Crippen LogP) is 2.36. The van der Waals surface area contributed by atoms with E-state index in [-0.39, 0.29) is 11.6 Å². The summed E-state index contributed by atoms with van der Waals surface area (Å²) in [6.07, 6.45) is 1.60. The van der Waals surface area contributed by atoms with Gasteiger partial charge in [0.1, 0.15) is 5.75 Å². The monoisotopic (exact) mass is 289 g/mol. The van der Waals surface area contributed by atoms with E-state index in [9.17, 15) is 14.9 Å². The number of benzene rings is 1. The molecule has 0 saturated heterocycles. The van der Waals surface area contributed by atoms with E-state index in [1.54, 1.807) is 31.3 Å². The molecule has 0 atom stereocenters. The highest BCUT2D eigenvalue weighted by molar-refractivity contribution is 5.94. The van der Waals surface area contributed by atoms with E-state index in [1.165, 1.54) is 18.7 Å². The van der Waals surface area contributed by atoms with Gasteiger partial charge in [0.25, 0.3) is 0 Å². The van der Waals surface area contributed by atoms with Gasteiger partial charge in [0.05, 0.1) is 30.5 Å². The number of aryl methyl sites for hydroxylation is 1. The molecule has 0 bridgehead atoms. The van der Waals surface area contributed by atoms with Gasteiger partial charge in [-0.3, -0.25) is 4.79 Å². The van der Waals surface area contributed by atoms with Crippen molar-refractivity contribution in [2.24, 2.45) is 0 Å². The summed E-state index contributed by atoms with van der Waals surface area (Å²) in [6.45, 7) is 3.40. The number of aromatic nitrogens is 2. The van der Waals surface area contributed by atoms with E-state index < -0.39 is 4.92 Å². The van der Waals surface area contributed by atoms with Gasteiger partial charge in [-0.2, -0.15) is 4.68 Å². The van der Waals surface area contributed by atoms with Crippen LogP contribution in [0.1, 0.15) is 28.4 Å². The van der Waals surface area contributed by atoms with Crippen molar-refractivity contribution in [3.05, 3.63) is 51.2 Å². The maximum absolute atomic E-state index is 11.4. The molecule has 0 aliphatic carbocycles. The van der Waals surface area contributed by atoms with Gasteiger partial charge in [-0.05, 0) is 37.0 Å². The van der Waals surface area contributed by atoms with Crippen LogP contribution in [0.15, 0.2) is 24.4 Å². The van der Waals surface area contributed by atoms with Crippen LogP contribution in [-0.2, 0) is 6.54 Å². The van der Waals surface area contributed by atoms with E-state index in [2.05, 4.69) is 5.10 Å². The Labute approximate surface area is 121 Å². The summed E-state index contributed by atoms with van der Waals surface area (Å²) in [5.41, 5.74) is 1.79. The fourth-order valence-corrected chi connectivity index (χ4v) is 2.07. The lowest BCUT2D eigenvalue weighted by Crippen LogP contribution is -2.05. The number of ketones is 1. The van der Waals surface area contributed by atoms with Gasteiger partial charge in [0.15, 0.2) is 5.78 Å². The highest BCUT2D eigenvalue weighted by atomic mass is 16.6. The Morgan fingerprint density at radius 2 is 2.19 bits per heavy atom. The molecule has 1 aromatic carbocycles. The molecule has 0 radical (unpaired) electrons. The number of rotatable bonds is 5. The average Bonchev–Trinajstić information content (AvgIpc) is 2.79. The van der Waals surface area contributed by atoms with Crippen LogP contribution in [0.2, 0.25) is 0 Å². The molecule has 110 valence electrons. The van der Waals surface area contributed by atoms with Crippen LogP contribution in [0.25, 0.3) is 0 Å². The highest BCUT2D eigenvalue weighted by Gasteiger charge is 2.18. The smallest absolute Gasteiger partial charge is 0.392 e. The lowest BCUT2D eigenvalue weighted by Gasteiger charge is -2.08. The number of hydrogen-bond acceptors (Lipinski definition) is 5. The molecule has 0 spiro atoms. The minimum Gasteiger partial charge on any atom is -0.496 e. The standard InChI is InChI=1S/C14H15N3O4/c1-9-7-16(15-14(9)17(19)20)8-12-6-11(10(2)18)4-5-13(12)21-3/h4-7H,8H2,1-3H3. The van der Waals surface area contributed by atoms with Gasteiger partial charge in [-0.15, -0.1) is 0 Å². The molecular weight excluding hydrogens is 274 g/mol. The van der Waals surface area contributed by atoms with Crippen molar-refractivity contribution in [2.75, 3.05) is 7.11 Å². The van der Waals surface area contributed by atoms with Crippen molar-refractivity contribution in [1.82, 2.24) is 9.78 Å². The summed E-state index contributed by atoms with van der Waals surface area (Å²) in [7, 11) is 1.53. The molecular formula is C14H15N3O4. The summed E-state index contributed by atoms with van der Waals surface area (Å²) in [6, 6.07) is 5.10. The Kier molecular flexibility index (Phi) is 4.02. The van der Waals surface area contributed by atoms with Crippen molar-refractivity contribution >= 4 is 11.6 Å². The summed E-state index contributed by atoms with van der Waals surface area (Å²) < 4.78 is 6.72. The normalized spacial score (nSPS) is 10.4. The lowest BCUT2D eigenvalue weighted by atomic mass is 10.1. The van der Waals surface area contributed by atoms with E-state index in [1.807, 2.05) is 0 Å². The maximum atomic E-state index is 11.4. The van der Waals surface area contributed by atoms with Gasteiger partial charge < -0.3 is 14.9 Å². The second-order valence-corrected chi connectivity index (χ2v) is 4.67. The molecule has 0 saturated carbocycles. The van der Waals surface area contributed by atoms with E-state index in [4.69, 9.17) is 4.74 Å². The number of ether oxygens (including phenoxy) is 1. The predicted molar refractivity (Wildman–Crippen MR) is 75.7 cm³/mol. The van der Waals surface area contributed by atoms with Crippen LogP contribution in [0, 0.1) is 17.0 Å². The third-order valence-corrected chi connectivity index (χ3v) is 3.11. The average molecular weight is 289 g/mol. The molecule has 0 aliphatic heterocycles. The number of carbonyl (C=O) groups excluding carboxylic acids is 1. The Bertz CT molecular complexity index is 706. The van der Waals surface area contributed by atoms with E-state index in [0.29, 0.717) is 23.4 Å². The number of hydrogen-bond donors (Lipinski definition) is 0. The quantitative estimate of drug-likeness (QED) is 0.479. The number of nitro groups is 1. The summed E-state index contributed by atoms with van der Waals surface area (Å²) in [5.74, 6) is 0.383. The van der Waals surface area contributed by atoms with Gasteiger partial charge in [-0.1, -0.05) is 0 Å². The molecule has 1 heterocycles. The third kappa shape index (κ3) is 3.07. The molecule has 21 heavy (non-hydrogen) atoms. The Morgan fingerprint density at radius 3 is 2.71 bits per heavy atom. The minimum atomic E-state index is -0.519. The topological polar surface area (TPSA) is 87.3 Å². The van der Waals surface area contributed by atoms with E-state index >= 15 is 0 Å². The molecule has 1 aromatic heterocycles. The fraction of sp³-hybridized carbons (Fsp3) is 0.286. The molecule has 0 unspecified atom stereocenters. The lowest BCUT2D eigenvalue weighted by molar-refractivity contribution is -0.390. The minimum absolute atomic E-state index is 0.0541. The second kappa shape index (κ2) is 5.74. The Balaban J connectivity index is 2.38. The van der Waals surface area contributed by atoms with Gasteiger partial charge in [-0.25, -0.2) is 0 Å². The van der Waals surface area contributed by atoms with Crippen molar-refractivity contribution < 1.29 is 14.5 Å². The molecule has 0 aliphatic rings. The summed E-state index contributed by atoms with van der Waals surface area (Å²) in [4.78, 5) is 21.7. The summed E-state index contributed by atoms with van der Waals surface area (Å²) in [5, 5.41) is 14.7. The third-order valence-electron chi connectivity index (χ3n) is 3.11. The van der Waals surface area contributed by atoms with Crippen molar-refractivity contribution in [1.29, 1.82) is 0 Å². The first-order valence-electron chi connectivity index (χ1n) is 6.28. The van der Waals surface area contributed by atoms with Gasteiger partial charge in [0, 0.05) is 11.1 Å². The maximum Gasteiger partial charge on any atom is 0.392 e. The molecule has 0 fully saturated rings. The second-order valence-electron chi connectivity index (χ2n) is 4.67. The van der Waals surface area contributed by atoms with Crippen LogP contribution in [0.5, 0.6) is 5.75 Å². The Morgan fingerprint density at radius 1 is 1.48 bits per heavy atom.